The van der Waals surface area contributed by atoms with Crippen molar-refractivity contribution >= 4 is 11.6 Å². The number of nitrogens with one attached hydrogen (secondary N) is 1. The number of rotatable bonds is 6. The minimum absolute atomic E-state index is 0.0584. The smallest absolute Gasteiger partial charge is 0.262 e. The monoisotopic (exact) mass is 391 g/mol. The normalized spacial score (nSPS) is 13.9. The summed E-state index contributed by atoms with van der Waals surface area (Å²) in [5.41, 5.74) is 2.57. The van der Waals surface area contributed by atoms with Crippen LogP contribution in [0.15, 0.2) is 48.5 Å². The van der Waals surface area contributed by atoms with E-state index in [4.69, 9.17) is 4.74 Å². The van der Waals surface area contributed by atoms with E-state index in [1.54, 1.807) is 0 Å². The van der Waals surface area contributed by atoms with Crippen LogP contribution in [0.3, 0.4) is 0 Å². The molecule has 3 aromatic rings. The number of carbonyl (C=O) groups is 1. The Morgan fingerprint density at radius 3 is 2.72 bits per heavy atom. The first-order valence-electron chi connectivity index (χ1n) is 9.82. The predicted octanol–water partition coefficient (Wildman–Crippen LogP) is 3.99. The van der Waals surface area contributed by atoms with E-state index in [-0.39, 0.29) is 17.9 Å². The highest BCUT2D eigenvalue weighted by Gasteiger charge is 2.28. The van der Waals surface area contributed by atoms with E-state index < -0.39 is 0 Å². The maximum atomic E-state index is 12.4. The topological polar surface area (TPSA) is 81.9 Å². The molecule has 1 amide bonds. The van der Waals surface area contributed by atoms with Crippen molar-refractivity contribution in [3.05, 3.63) is 54.1 Å². The lowest BCUT2D eigenvalue weighted by Gasteiger charge is -2.22. The fourth-order valence-electron chi connectivity index (χ4n) is 3.24. The molecule has 7 heteroatoms. The van der Waals surface area contributed by atoms with Crippen molar-refractivity contribution in [2.45, 2.75) is 45.1 Å². The Balaban J connectivity index is 1.43. The number of nitrogens with zero attached hydrogens (tertiary/aromatic N) is 4. The lowest BCUT2D eigenvalue weighted by molar-refractivity contribution is -0.118. The molecule has 29 heavy (non-hydrogen) atoms. The van der Waals surface area contributed by atoms with Gasteiger partial charge in [-0.05, 0) is 52.4 Å². The summed E-state index contributed by atoms with van der Waals surface area (Å²) in [5, 5.41) is 14.9. The van der Waals surface area contributed by atoms with Gasteiger partial charge in [-0.25, -0.2) is 4.68 Å². The van der Waals surface area contributed by atoms with Gasteiger partial charge < -0.3 is 10.1 Å². The minimum atomic E-state index is -0.215. The molecule has 1 N–H and O–H groups in total. The molecule has 1 fully saturated rings. The van der Waals surface area contributed by atoms with Gasteiger partial charge in [0.2, 0.25) is 0 Å². The van der Waals surface area contributed by atoms with Gasteiger partial charge in [0.1, 0.15) is 5.75 Å². The highest BCUT2D eigenvalue weighted by Crippen LogP contribution is 2.37. The summed E-state index contributed by atoms with van der Waals surface area (Å²) in [6.45, 7) is 6.30. The molecular formula is C22H25N5O2. The molecule has 1 heterocycles. The Labute approximate surface area is 170 Å². The third-order valence-electron chi connectivity index (χ3n) is 4.84. The van der Waals surface area contributed by atoms with E-state index >= 15 is 0 Å². The number of amides is 1. The largest absolute Gasteiger partial charge is 0.483 e. The van der Waals surface area contributed by atoms with Crippen molar-refractivity contribution in [3.63, 3.8) is 0 Å². The van der Waals surface area contributed by atoms with E-state index in [9.17, 15) is 4.79 Å². The summed E-state index contributed by atoms with van der Waals surface area (Å²) < 4.78 is 7.67. The van der Waals surface area contributed by atoms with Gasteiger partial charge in [-0.15, -0.1) is 5.10 Å². The Bertz CT molecular complexity index is 1020. The van der Waals surface area contributed by atoms with E-state index in [0.717, 1.165) is 35.5 Å². The van der Waals surface area contributed by atoms with Gasteiger partial charge in [-0.1, -0.05) is 51.1 Å². The molecule has 4 rings (SSSR count). The van der Waals surface area contributed by atoms with Gasteiger partial charge in [0, 0.05) is 11.3 Å². The van der Waals surface area contributed by atoms with Crippen molar-refractivity contribution < 1.29 is 9.53 Å². The molecule has 1 aromatic heterocycles. The van der Waals surface area contributed by atoms with Gasteiger partial charge in [0.25, 0.3) is 5.91 Å². The van der Waals surface area contributed by atoms with Gasteiger partial charge in [0.15, 0.2) is 12.4 Å². The average Bonchev–Trinajstić information content (AvgIpc) is 3.42. The zero-order valence-electron chi connectivity index (χ0n) is 16.9. The van der Waals surface area contributed by atoms with Gasteiger partial charge in [-0.3, -0.25) is 4.79 Å². The quantitative estimate of drug-likeness (QED) is 0.687. The van der Waals surface area contributed by atoms with Crippen LogP contribution in [0, 0.1) is 0 Å². The number of hydrogen-bond acceptors (Lipinski definition) is 5. The number of hydrogen-bond donors (Lipinski definition) is 1. The van der Waals surface area contributed by atoms with Crippen LogP contribution in [0.2, 0.25) is 0 Å². The number of ether oxygens (including phenoxy) is 1. The summed E-state index contributed by atoms with van der Waals surface area (Å²) in [6, 6.07) is 15.7. The van der Waals surface area contributed by atoms with Crippen LogP contribution >= 0.6 is 0 Å². The van der Waals surface area contributed by atoms with Crippen molar-refractivity contribution in [3.8, 4) is 17.1 Å². The number of para-hydroxylation sites is 1. The summed E-state index contributed by atoms with van der Waals surface area (Å²) >= 11 is 0. The van der Waals surface area contributed by atoms with E-state index in [1.165, 1.54) is 0 Å². The van der Waals surface area contributed by atoms with Crippen molar-refractivity contribution in [2.75, 3.05) is 11.9 Å². The van der Waals surface area contributed by atoms with Crippen molar-refractivity contribution in [1.29, 1.82) is 0 Å². The summed E-state index contributed by atoms with van der Waals surface area (Å²) in [5.74, 6) is 1.24. The van der Waals surface area contributed by atoms with Crippen molar-refractivity contribution in [2.24, 2.45) is 0 Å². The molecule has 0 bridgehead atoms. The lowest BCUT2D eigenvalue weighted by atomic mass is 9.86. The Hall–Kier alpha value is -3.22. The SMILES string of the molecule is CC(C)(C)c1ccccc1OCC(=O)Nc1cccc(-c2nnnn2C2CC2)c1. The molecule has 1 saturated carbocycles. The first-order chi connectivity index (χ1) is 13.9. The molecule has 150 valence electrons. The molecule has 0 spiro atoms. The first-order valence-corrected chi connectivity index (χ1v) is 9.82. The molecule has 7 nitrogen and oxygen atoms in total. The standard InChI is InChI=1S/C22H25N5O2/c1-22(2,3)18-9-4-5-10-19(18)29-14-20(28)23-16-8-6-7-15(13-16)21-24-25-26-27(21)17-11-12-17/h4-10,13,17H,11-12,14H2,1-3H3,(H,23,28). The lowest BCUT2D eigenvalue weighted by Crippen LogP contribution is -2.22. The van der Waals surface area contributed by atoms with Crippen LogP contribution in [0.1, 0.15) is 45.2 Å². The van der Waals surface area contributed by atoms with Gasteiger partial charge in [0.05, 0.1) is 6.04 Å². The van der Waals surface area contributed by atoms with Crippen LogP contribution in [-0.4, -0.2) is 32.7 Å². The van der Waals surface area contributed by atoms with Crippen LogP contribution in [0.5, 0.6) is 5.75 Å². The van der Waals surface area contributed by atoms with Crippen LogP contribution in [0.4, 0.5) is 5.69 Å². The van der Waals surface area contributed by atoms with Crippen LogP contribution < -0.4 is 10.1 Å². The molecule has 0 atom stereocenters. The maximum Gasteiger partial charge on any atom is 0.262 e. The van der Waals surface area contributed by atoms with E-state index in [1.807, 2.05) is 53.2 Å². The Morgan fingerprint density at radius 1 is 1.17 bits per heavy atom. The minimum Gasteiger partial charge on any atom is -0.483 e. The predicted molar refractivity (Wildman–Crippen MR) is 111 cm³/mol. The third kappa shape index (κ3) is 4.45. The number of anilines is 1. The number of carbonyl (C=O) groups excluding carboxylic acids is 1. The molecule has 1 aliphatic carbocycles. The zero-order chi connectivity index (χ0) is 20.4. The van der Waals surface area contributed by atoms with Gasteiger partial charge in [-0.2, -0.15) is 0 Å². The summed E-state index contributed by atoms with van der Waals surface area (Å²) in [6.07, 6.45) is 2.20. The second-order valence-electron chi connectivity index (χ2n) is 8.34. The van der Waals surface area contributed by atoms with Gasteiger partial charge >= 0.3 is 0 Å². The molecule has 1 aliphatic rings. The second kappa shape index (κ2) is 7.66. The Morgan fingerprint density at radius 2 is 1.97 bits per heavy atom. The number of aromatic nitrogens is 4. The highest BCUT2D eigenvalue weighted by atomic mass is 16.5. The summed E-state index contributed by atoms with van der Waals surface area (Å²) in [4.78, 5) is 12.4. The third-order valence-corrected chi connectivity index (χ3v) is 4.84. The average molecular weight is 391 g/mol. The Kier molecular flexibility index (Phi) is 5.05. The molecule has 0 unspecified atom stereocenters. The molecule has 0 aliphatic heterocycles. The van der Waals surface area contributed by atoms with Crippen LogP contribution in [-0.2, 0) is 10.2 Å². The summed E-state index contributed by atoms with van der Waals surface area (Å²) in [7, 11) is 0. The molecular weight excluding hydrogens is 366 g/mol. The molecule has 0 radical (unpaired) electrons. The van der Waals surface area contributed by atoms with Crippen LogP contribution in [0.25, 0.3) is 11.4 Å². The molecule has 2 aromatic carbocycles. The highest BCUT2D eigenvalue weighted by molar-refractivity contribution is 5.92. The second-order valence-corrected chi connectivity index (χ2v) is 8.34. The fourth-order valence-corrected chi connectivity index (χ4v) is 3.24. The molecule has 0 saturated heterocycles. The zero-order valence-corrected chi connectivity index (χ0v) is 16.9. The number of benzene rings is 2. The van der Waals surface area contributed by atoms with E-state index in [0.29, 0.717) is 11.7 Å². The first kappa shape index (κ1) is 19.1. The number of tetrazole rings is 1. The van der Waals surface area contributed by atoms with Crippen molar-refractivity contribution in [1.82, 2.24) is 20.2 Å². The van der Waals surface area contributed by atoms with E-state index in [2.05, 4.69) is 41.6 Å². The fraction of sp³-hybridized carbons (Fsp3) is 0.364. The maximum absolute atomic E-state index is 12.4.